The molecule has 4 aromatic rings. The van der Waals surface area contributed by atoms with Crippen molar-refractivity contribution in [2.24, 2.45) is 0 Å². The third kappa shape index (κ3) is 4.37. The number of halogens is 2. The second-order valence-corrected chi connectivity index (χ2v) is 9.76. The summed E-state index contributed by atoms with van der Waals surface area (Å²) in [6.07, 6.45) is 1.21. The molecule has 0 amide bonds. The number of benzene rings is 1. The predicted molar refractivity (Wildman–Crippen MR) is 138 cm³/mol. The first-order chi connectivity index (χ1) is 17.9. The summed E-state index contributed by atoms with van der Waals surface area (Å²) in [6, 6.07) is 10.1. The molecule has 0 bridgehead atoms. The highest BCUT2D eigenvalue weighted by Gasteiger charge is 2.28. The summed E-state index contributed by atoms with van der Waals surface area (Å²) in [7, 11) is 0. The number of aromatic nitrogens is 4. The molecule has 1 aromatic carbocycles. The molecule has 190 valence electrons. The second kappa shape index (κ2) is 9.48. The zero-order valence-electron chi connectivity index (χ0n) is 20.4. The fourth-order valence-electron chi connectivity index (χ4n) is 5.01. The molecular formula is C27H25ClFN5O3. The molecule has 1 saturated heterocycles. The van der Waals surface area contributed by atoms with E-state index in [1.165, 1.54) is 6.07 Å². The van der Waals surface area contributed by atoms with Crippen LogP contribution in [0.15, 0.2) is 47.4 Å². The molecule has 6 rings (SSSR count). The molecule has 0 aliphatic carbocycles. The van der Waals surface area contributed by atoms with Crippen LogP contribution in [0.25, 0.3) is 22.2 Å². The number of hydrogen-bond donors (Lipinski definition) is 0. The first kappa shape index (κ1) is 24.0. The summed E-state index contributed by atoms with van der Waals surface area (Å²) in [5, 5.41) is 0.660. The number of aryl methyl sites for hydroxylation is 1. The van der Waals surface area contributed by atoms with E-state index in [0.29, 0.717) is 61.1 Å². The van der Waals surface area contributed by atoms with E-state index in [1.807, 2.05) is 26.0 Å². The minimum absolute atomic E-state index is 0.190. The summed E-state index contributed by atoms with van der Waals surface area (Å²) in [5.41, 5.74) is 2.60. The van der Waals surface area contributed by atoms with E-state index in [1.54, 1.807) is 29.0 Å². The first-order valence-corrected chi connectivity index (χ1v) is 12.6. The number of ether oxygens (including phenoxy) is 2. The lowest BCUT2D eigenvalue weighted by molar-refractivity contribution is 0.0269. The SMILES string of the molecule is Cc1cc(C2CN(c3cc4c(=O)n5c(nc4c(-c4ccc(Cl)cc4F)n3)C(C)OCC5)CCO2)ccn1. The minimum Gasteiger partial charge on any atom is -0.370 e. The molecule has 3 aromatic heterocycles. The van der Waals surface area contributed by atoms with E-state index in [4.69, 9.17) is 31.0 Å². The highest BCUT2D eigenvalue weighted by atomic mass is 35.5. The van der Waals surface area contributed by atoms with Crippen molar-refractivity contribution in [3.8, 4) is 11.3 Å². The number of nitrogens with zero attached hydrogens (tertiary/aromatic N) is 5. The van der Waals surface area contributed by atoms with Crippen molar-refractivity contribution < 1.29 is 13.9 Å². The maximum Gasteiger partial charge on any atom is 0.261 e. The largest absolute Gasteiger partial charge is 0.370 e. The van der Waals surface area contributed by atoms with Gasteiger partial charge in [-0.25, -0.2) is 14.4 Å². The normalized spacial score (nSPS) is 19.7. The van der Waals surface area contributed by atoms with E-state index < -0.39 is 5.82 Å². The number of hydrogen-bond acceptors (Lipinski definition) is 7. The number of fused-ring (bicyclic) bond motifs is 2. The summed E-state index contributed by atoms with van der Waals surface area (Å²) in [5.74, 6) is 0.540. The summed E-state index contributed by atoms with van der Waals surface area (Å²) >= 11 is 6.03. The fourth-order valence-corrected chi connectivity index (χ4v) is 5.16. The Kier molecular flexibility index (Phi) is 6.14. The molecule has 0 saturated carbocycles. The van der Waals surface area contributed by atoms with Crippen LogP contribution in [0.5, 0.6) is 0 Å². The van der Waals surface area contributed by atoms with Crippen LogP contribution in [0.1, 0.15) is 36.2 Å². The second-order valence-electron chi connectivity index (χ2n) is 9.33. The van der Waals surface area contributed by atoms with Crippen molar-refractivity contribution in [2.75, 3.05) is 31.2 Å². The average molecular weight is 522 g/mol. The van der Waals surface area contributed by atoms with Crippen molar-refractivity contribution in [1.82, 2.24) is 19.5 Å². The van der Waals surface area contributed by atoms with E-state index in [-0.39, 0.29) is 28.4 Å². The average Bonchev–Trinajstić information content (AvgIpc) is 2.89. The van der Waals surface area contributed by atoms with Crippen LogP contribution in [0.3, 0.4) is 0 Å². The molecule has 0 radical (unpaired) electrons. The molecule has 2 aliphatic rings. The molecule has 0 spiro atoms. The molecule has 2 aliphatic heterocycles. The van der Waals surface area contributed by atoms with Gasteiger partial charge in [-0.1, -0.05) is 11.6 Å². The number of pyridine rings is 2. The van der Waals surface area contributed by atoms with Gasteiger partial charge >= 0.3 is 0 Å². The summed E-state index contributed by atoms with van der Waals surface area (Å²) in [4.78, 5) is 29.7. The van der Waals surface area contributed by atoms with Gasteiger partial charge in [0.1, 0.15) is 40.9 Å². The Morgan fingerprint density at radius 2 is 1.92 bits per heavy atom. The van der Waals surface area contributed by atoms with Crippen molar-refractivity contribution >= 4 is 28.3 Å². The zero-order valence-corrected chi connectivity index (χ0v) is 21.2. The van der Waals surface area contributed by atoms with Gasteiger partial charge in [0, 0.05) is 35.6 Å². The van der Waals surface area contributed by atoms with E-state index in [0.717, 1.165) is 11.3 Å². The van der Waals surface area contributed by atoms with Gasteiger partial charge < -0.3 is 14.4 Å². The van der Waals surface area contributed by atoms with Crippen LogP contribution in [0.4, 0.5) is 10.2 Å². The molecule has 2 unspecified atom stereocenters. The predicted octanol–water partition coefficient (Wildman–Crippen LogP) is 4.62. The molecule has 1 fully saturated rings. The van der Waals surface area contributed by atoms with Crippen molar-refractivity contribution in [1.29, 1.82) is 0 Å². The Bertz CT molecular complexity index is 1580. The Morgan fingerprint density at radius 1 is 1.08 bits per heavy atom. The Morgan fingerprint density at radius 3 is 2.73 bits per heavy atom. The minimum atomic E-state index is -0.533. The Labute approximate surface area is 217 Å². The lowest BCUT2D eigenvalue weighted by atomic mass is 10.1. The molecule has 2 atom stereocenters. The van der Waals surface area contributed by atoms with Crippen molar-refractivity contribution in [2.45, 2.75) is 32.6 Å². The van der Waals surface area contributed by atoms with Gasteiger partial charge in [0.15, 0.2) is 0 Å². The van der Waals surface area contributed by atoms with Gasteiger partial charge in [-0.15, -0.1) is 0 Å². The number of rotatable bonds is 3. The topological polar surface area (TPSA) is 82.4 Å². The van der Waals surface area contributed by atoms with Crippen molar-refractivity contribution in [3.05, 3.63) is 80.9 Å². The Hall–Kier alpha value is -3.40. The maximum absolute atomic E-state index is 15.2. The van der Waals surface area contributed by atoms with Crippen molar-refractivity contribution in [3.63, 3.8) is 0 Å². The van der Waals surface area contributed by atoms with Gasteiger partial charge in [-0.05, 0) is 55.8 Å². The maximum atomic E-state index is 15.2. The summed E-state index contributed by atoms with van der Waals surface area (Å²) < 4.78 is 28.6. The summed E-state index contributed by atoms with van der Waals surface area (Å²) in [6.45, 7) is 6.20. The zero-order chi connectivity index (χ0) is 25.7. The van der Waals surface area contributed by atoms with Crippen LogP contribution in [-0.2, 0) is 16.0 Å². The third-order valence-corrected chi connectivity index (χ3v) is 7.11. The van der Waals surface area contributed by atoms with E-state index >= 15 is 4.39 Å². The number of anilines is 1. The smallest absolute Gasteiger partial charge is 0.261 e. The lowest BCUT2D eigenvalue weighted by Gasteiger charge is -2.34. The van der Waals surface area contributed by atoms with Gasteiger partial charge in [-0.3, -0.25) is 14.3 Å². The molecule has 10 heteroatoms. The molecule has 8 nitrogen and oxygen atoms in total. The van der Waals surface area contributed by atoms with Crippen LogP contribution < -0.4 is 10.5 Å². The van der Waals surface area contributed by atoms with E-state index in [9.17, 15) is 4.79 Å². The molecule has 37 heavy (non-hydrogen) atoms. The molecule has 0 N–H and O–H groups in total. The number of morpholine rings is 1. The van der Waals surface area contributed by atoms with Crippen LogP contribution in [-0.4, -0.2) is 45.8 Å². The molecular weight excluding hydrogens is 497 g/mol. The van der Waals surface area contributed by atoms with Crippen LogP contribution in [0.2, 0.25) is 5.02 Å². The van der Waals surface area contributed by atoms with Gasteiger partial charge in [-0.2, -0.15) is 0 Å². The highest BCUT2D eigenvalue weighted by molar-refractivity contribution is 6.30. The molecule has 5 heterocycles. The van der Waals surface area contributed by atoms with Crippen LogP contribution in [0, 0.1) is 12.7 Å². The van der Waals surface area contributed by atoms with Gasteiger partial charge in [0.05, 0.1) is 25.1 Å². The highest BCUT2D eigenvalue weighted by Crippen LogP contribution is 2.34. The quantitative estimate of drug-likeness (QED) is 0.389. The monoisotopic (exact) mass is 521 g/mol. The third-order valence-electron chi connectivity index (χ3n) is 6.87. The van der Waals surface area contributed by atoms with E-state index in [2.05, 4.69) is 9.88 Å². The fraction of sp³-hybridized carbons (Fsp3) is 0.333. The van der Waals surface area contributed by atoms with Crippen LogP contribution >= 0.6 is 11.6 Å². The lowest BCUT2D eigenvalue weighted by Crippen LogP contribution is -2.39. The standard InChI is InChI=1S/C27H25ClFN5O3/c1-15-11-17(5-6-30-15)22-14-33(7-9-37-22)23-13-20-25(24(31-23)19-4-3-18(28)12-21(19)29)32-26-16(2)36-10-8-34(26)27(20)35/h3-6,11-13,16,22H,7-10,14H2,1-2H3. The van der Waals surface area contributed by atoms with Gasteiger partial charge in [0.2, 0.25) is 0 Å². The first-order valence-electron chi connectivity index (χ1n) is 12.2. The Balaban J connectivity index is 1.52. The van der Waals surface area contributed by atoms with Gasteiger partial charge in [0.25, 0.3) is 5.56 Å².